The van der Waals surface area contributed by atoms with Crippen LogP contribution in [0.5, 0.6) is 5.75 Å². The number of carbonyl (C=O) groups is 1. The Kier molecular flexibility index (Phi) is 6.16. The van der Waals surface area contributed by atoms with E-state index < -0.39 is 0 Å². The third-order valence-corrected chi connectivity index (χ3v) is 7.34. The van der Waals surface area contributed by atoms with Gasteiger partial charge in [-0.1, -0.05) is 24.6 Å². The number of piperidine rings is 1. The van der Waals surface area contributed by atoms with E-state index in [2.05, 4.69) is 53.9 Å². The van der Waals surface area contributed by atoms with E-state index in [1.54, 1.807) is 0 Å². The van der Waals surface area contributed by atoms with E-state index in [0.29, 0.717) is 19.1 Å². The summed E-state index contributed by atoms with van der Waals surface area (Å²) >= 11 is 0. The smallest absolute Gasteiger partial charge is 0.240 e. The summed E-state index contributed by atoms with van der Waals surface area (Å²) in [5.74, 6) is 1.23. The van der Waals surface area contributed by atoms with Gasteiger partial charge in [0.15, 0.2) is 0 Å². The molecule has 3 aliphatic rings. The minimum atomic E-state index is -0.254. The average Bonchev–Trinajstić information content (AvgIpc) is 2.90. The van der Waals surface area contributed by atoms with Gasteiger partial charge < -0.3 is 14.5 Å². The largest absolute Gasteiger partial charge is 0.485 e. The van der Waals surface area contributed by atoms with E-state index in [4.69, 9.17) is 4.74 Å². The second kappa shape index (κ2) is 8.65. The highest BCUT2D eigenvalue weighted by atomic mass is 16.5. The van der Waals surface area contributed by atoms with Gasteiger partial charge in [-0.15, -0.1) is 0 Å². The summed E-state index contributed by atoms with van der Waals surface area (Å²) < 4.78 is 6.69. The normalized spacial score (nSPS) is 29.2. The van der Waals surface area contributed by atoms with Crippen LogP contribution in [0.1, 0.15) is 57.4 Å². The topological polar surface area (TPSA) is 36.0 Å². The van der Waals surface area contributed by atoms with Gasteiger partial charge in [0.2, 0.25) is 5.91 Å². The number of carbonyl (C=O) groups excluding carboxylic acids is 1. The maximum atomic E-state index is 13.6. The number of fused-ring (bicyclic) bond motifs is 1. The van der Waals surface area contributed by atoms with Crippen LogP contribution in [-0.4, -0.2) is 72.0 Å². The number of hydrogen-bond acceptors (Lipinski definition) is 4. The molecule has 1 aromatic rings. The first-order valence-corrected chi connectivity index (χ1v) is 11.4. The molecule has 160 valence electrons. The SMILES string of the molecule is CC(C(=O)N1Cc2ccccc2OC2(CCC(N(C)C)CC2)C1)N1CCCCC1. The summed E-state index contributed by atoms with van der Waals surface area (Å²) in [6.45, 7) is 5.55. The highest BCUT2D eigenvalue weighted by Crippen LogP contribution is 2.39. The first kappa shape index (κ1) is 20.7. The number of amides is 1. The molecule has 2 fully saturated rings. The van der Waals surface area contributed by atoms with Crippen molar-refractivity contribution in [3.63, 3.8) is 0 Å². The van der Waals surface area contributed by atoms with Crippen LogP contribution in [0, 0.1) is 0 Å². The molecule has 1 aromatic carbocycles. The summed E-state index contributed by atoms with van der Waals surface area (Å²) in [6, 6.07) is 8.86. The molecule has 0 radical (unpaired) electrons. The minimum absolute atomic E-state index is 0.0456. The van der Waals surface area contributed by atoms with Crippen molar-refractivity contribution < 1.29 is 9.53 Å². The molecule has 4 rings (SSSR count). The Labute approximate surface area is 176 Å². The Morgan fingerprint density at radius 3 is 2.52 bits per heavy atom. The van der Waals surface area contributed by atoms with Gasteiger partial charge in [0.05, 0.1) is 12.6 Å². The molecule has 1 aliphatic carbocycles. The lowest BCUT2D eigenvalue weighted by Crippen LogP contribution is -2.55. The van der Waals surface area contributed by atoms with Gasteiger partial charge in [0.1, 0.15) is 11.4 Å². The molecule has 1 amide bonds. The number of likely N-dealkylation sites (tertiary alicyclic amines) is 1. The van der Waals surface area contributed by atoms with Crippen molar-refractivity contribution >= 4 is 5.91 Å². The molecule has 1 saturated heterocycles. The van der Waals surface area contributed by atoms with Crippen LogP contribution >= 0.6 is 0 Å². The molecular weight excluding hydrogens is 362 g/mol. The molecule has 2 heterocycles. The molecule has 1 atom stereocenters. The molecule has 0 aromatic heterocycles. The highest BCUT2D eigenvalue weighted by Gasteiger charge is 2.43. The van der Waals surface area contributed by atoms with E-state index >= 15 is 0 Å². The Morgan fingerprint density at radius 2 is 1.83 bits per heavy atom. The number of ether oxygens (including phenoxy) is 1. The fraction of sp³-hybridized carbons (Fsp3) is 0.708. The maximum absolute atomic E-state index is 13.6. The van der Waals surface area contributed by atoms with Gasteiger partial charge >= 0.3 is 0 Å². The second-order valence-corrected chi connectivity index (χ2v) is 9.55. The fourth-order valence-electron chi connectivity index (χ4n) is 5.40. The van der Waals surface area contributed by atoms with Gasteiger partial charge in [0, 0.05) is 18.2 Å². The summed E-state index contributed by atoms with van der Waals surface area (Å²) in [4.78, 5) is 20.4. The quantitative estimate of drug-likeness (QED) is 0.779. The third kappa shape index (κ3) is 4.46. The van der Waals surface area contributed by atoms with Crippen molar-refractivity contribution in [2.75, 3.05) is 33.7 Å². The summed E-state index contributed by atoms with van der Waals surface area (Å²) in [5, 5.41) is 0. The molecule has 29 heavy (non-hydrogen) atoms. The molecule has 1 spiro atoms. The molecular formula is C24H37N3O2. The van der Waals surface area contributed by atoms with Crippen LogP contribution in [0.25, 0.3) is 0 Å². The highest BCUT2D eigenvalue weighted by molar-refractivity contribution is 5.81. The van der Waals surface area contributed by atoms with Crippen molar-refractivity contribution in [2.24, 2.45) is 0 Å². The number of benzene rings is 1. The zero-order chi connectivity index (χ0) is 20.4. The average molecular weight is 400 g/mol. The van der Waals surface area contributed by atoms with Gasteiger partial charge in [-0.2, -0.15) is 0 Å². The number of rotatable bonds is 3. The van der Waals surface area contributed by atoms with Gasteiger partial charge in [-0.25, -0.2) is 0 Å². The van der Waals surface area contributed by atoms with E-state index in [1.165, 1.54) is 19.3 Å². The van der Waals surface area contributed by atoms with Crippen molar-refractivity contribution in [1.29, 1.82) is 0 Å². The third-order valence-electron chi connectivity index (χ3n) is 7.34. The summed E-state index contributed by atoms with van der Waals surface area (Å²) in [6.07, 6.45) is 7.97. The van der Waals surface area contributed by atoms with Crippen molar-refractivity contribution in [1.82, 2.24) is 14.7 Å². The molecule has 2 aliphatic heterocycles. The van der Waals surface area contributed by atoms with Crippen LogP contribution in [-0.2, 0) is 11.3 Å². The lowest BCUT2D eigenvalue weighted by molar-refractivity contribution is -0.140. The molecule has 5 heteroatoms. The predicted octanol–water partition coefficient (Wildman–Crippen LogP) is 3.53. The summed E-state index contributed by atoms with van der Waals surface area (Å²) in [5.41, 5.74) is 0.884. The van der Waals surface area contributed by atoms with Gasteiger partial charge in [-0.05, 0) is 78.7 Å². The monoisotopic (exact) mass is 399 g/mol. The Morgan fingerprint density at radius 1 is 1.14 bits per heavy atom. The van der Waals surface area contributed by atoms with Crippen molar-refractivity contribution in [2.45, 2.75) is 76.1 Å². The zero-order valence-electron chi connectivity index (χ0n) is 18.4. The zero-order valence-corrected chi connectivity index (χ0v) is 18.4. The van der Waals surface area contributed by atoms with Crippen molar-refractivity contribution in [3.8, 4) is 5.75 Å². The molecule has 5 nitrogen and oxygen atoms in total. The Balaban J connectivity index is 1.56. The van der Waals surface area contributed by atoms with E-state index in [1.807, 2.05) is 6.07 Å². The minimum Gasteiger partial charge on any atom is -0.485 e. The van der Waals surface area contributed by atoms with Crippen LogP contribution in [0.4, 0.5) is 0 Å². The van der Waals surface area contributed by atoms with E-state index in [-0.39, 0.29) is 17.6 Å². The Hall–Kier alpha value is -1.59. The number of para-hydroxylation sites is 1. The summed E-state index contributed by atoms with van der Waals surface area (Å²) in [7, 11) is 4.34. The van der Waals surface area contributed by atoms with Crippen molar-refractivity contribution in [3.05, 3.63) is 29.8 Å². The van der Waals surface area contributed by atoms with Crippen LogP contribution < -0.4 is 4.74 Å². The number of nitrogens with zero attached hydrogens (tertiary/aromatic N) is 3. The van der Waals surface area contributed by atoms with Gasteiger partial charge in [-0.3, -0.25) is 9.69 Å². The molecule has 0 bridgehead atoms. The molecule has 1 unspecified atom stereocenters. The fourth-order valence-corrected chi connectivity index (χ4v) is 5.40. The van der Waals surface area contributed by atoms with Crippen LogP contribution in [0.3, 0.4) is 0 Å². The first-order valence-electron chi connectivity index (χ1n) is 11.4. The maximum Gasteiger partial charge on any atom is 0.240 e. The molecule has 1 saturated carbocycles. The van der Waals surface area contributed by atoms with Crippen LogP contribution in [0.2, 0.25) is 0 Å². The molecule has 0 N–H and O–H groups in total. The standard InChI is InChI=1S/C24H37N3O2/c1-19(26-15-7-4-8-16-26)23(28)27-17-20-9-5-6-10-22(20)29-24(18-27)13-11-21(12-14-24)25(2)3/h5-6,9-10,19,21H,4,7-8,11-18H2,1-3H3. The van der Waals surface area contributed by atoms with Crippen LogP contribution in [0.15, 0.2) is 24.3 Å². The van der Waals surface area contributed by atoms with E-state index in [0.717, 1.165) is 50.1 Å². The lowest BCUT2D eigenvalue weighted by atomic mass is 9.81. The van der Waals surface area contributed by atoms with Gasteiger partial charge in [0.25, 0.3) is 0 Å². The van der Waals surface area contributed by atoms with E-state index in [9.17, 15) is 4.79 Å². The Bertz CT molecular complexity index is 706. The predicted molar refractivity (Wildman–Crippen MR) is 116 cm³/mol. The second-order valence-electron chi connectivity index (χ2n) is 9.55. The lowest BCUT2D eigenvalue weighted by Gasteiger charge is -2.43. The number of hydrogen-bond donors (Lipinski definition) is 0. The first-order chi connectivity index (χ1) is 14.0.